The molecule has 0 aliphatic rings. The predicted octanol–water partition coefficient (Wildman–Crippen LogP) is 2.58. The van der Waals surface area contributed by atoms with Crippen molar-refractivity contribution in [2.45, 2.75) is 12.2 Å². The zero-order valence-corrected chi connectivity index (χ0v) is 8.81. The Labute approximate surface area is 97.8 Å². The summed E-state index contributed by atoms with van der Waals surface area (Å²) in [6, 6.07) is -1.20. The van der Waals surface area contributed by atoms with Crippen LogP contribution < -0.4 is 5.73 Å². The molecular formula is C9H6ClF4NO2. The number of rotatable bonds is 2. The Kier molecular flexibility index (Phi) is 3.63. The molecule has 1 aromatic rings. The van der Waals surface area contributed by atoms with E-state index >= 15 is 0 Å². The summed E-state index contributed by atoms with van der Waals surface area (Å²) in [7, 11) is 0. The lowest BCUT2D eigenvalue weighted by Gasteiger charge is -2.13. The molecule has 0 amide bonds. The van der Waals surface area contributed by atoms with E-state index in [1.54, 1.807) is 0 Å². The highest BCUT2D eigenvalue weighted by atomic mass is 35.5. The third-order valence-electron chi connectivity index (χ3n) is 1.98. The predicted molar refractivity (Wildman–Crippen MR) is 51.0 cm³/mol. The molecule has 0 saturated carbocycles. The first kappa shape index (κ1) is 13.7. The second-order valence-electron chi connectivity index (χ2n) is 3.17. The summed E-state index contributed by atoms with van der Waals surface area (Å²) in [5.74, 6) is -2.92. The fourth-order valence-corrected chi connectivity index (χ4v) is 1.36. The van der Waals surface area contributed by atoms with Crippen molar-refractivity contribution in [3.05, 3.63) is 34.1 Å². The molecule has 0 unspecified atom stereocenters. The molecule has 0 heterocycles. The van der Waals surface area contributed by atoms with Crippen molar-refractivity contribution < 1.29 is 27.5 Å². The molecule has 0 radical (unpaired) electrons. The quantitative estimate of drug-likeness (QED) is 0.813. The summed E-state index contributed by atoms with van der Waals surface area (Å²) in [5.41, 5.74) is 2.99. The lowest BCUT2D eigenvalue weighted by Crippen LogP contribution is -2.23. The average molecular weight is 272 g/mol. The first-order valence-electron chi connectivity index (χ1n) is 4.19. The fourth-order valence-electron chi connectivity index (χ4n) is 1.13. The van der Waals surface area contributed by atoms with Gasteiger partial charge in [0.25, 0.3) is 0 Å². The van der Waals surface area contributed by atoms with Gasteiger partial charge in [-0.15, -0.1) is 0 Å². The highest BCUT2D eigenvalue weighted by Crippen LogP contribution is 2.34. The first-order chi connectivity index (χ1) is 7.64. The Morgan fingerprint density at radius 1 is 1.41 bits per heavy atom. The van der Waals surface area contributed by atoms with Crippen LogP contribution in [0.5, 0.6) is 0 Å². The van der Waals surface area contributed by atoms with Crippen LogP contribution >= 0.6 is 11.6 Å². The largest absolute Gasteiger partial charge is 0.480 e. The van der Waals surface area contributed by atoms with Gasteiger partial charge in [-0.2, -0.15) is 13.2 Å². The number of carboxylic acid groups (broad SMARTS) is 1. The molecule has 0 fully saturated rings. The van der Waals surface area contributed by atoms with E-state index in [4.69, 9.17) is 22.4 Å². The maximum atomic E-state index is 13.3. The first-order valence-corrected chi connectivity index (χ1v) is 4.57. The highest BCUT2D eigenvalue weighted by molar-refractivity contribution is 6.30. The summed E-state index contributed by atoms with van der Waals surface area (Å²) in [6.07, 6.45) is -4.76. The molecular weight excluding hydrogens is 266 g/mol. The average Bonchev–Trinajstić information content (AvgIpc) is 2.19. The molecule has 8 heteroatoms. The van der Waals surface area contributed by atoms with Gasteiger partial charge in [0.2, 0.25) is 0 Å². The highest BCUT2D eigenvalue weighted by Gasteiger charge is 2.33. The van der Waals surface area contributed by atoms with Crippen LogP contribution in [-0.2, 0) is 11.0 Å². The van der Waals surface area contributed by atoms with Crippen LogP contribution in [0.1, 0.15) is 17.2 Å². The molecule has 17 heavy (non-hydrogen) atoms. The molecule has 0 aromatic heterocycles. The molecule has 3 N–H and O–H groups in total. The maximum Gasteiger partial charge on any atom is 0.416 e. The van der Waals surface area contributed by atoms with E-state index in [-0.39, 0.29) is 0 Å². The summed E-state index contributed by atoms with van der Waals surface area (Å²) in [6.45, 7) is 0. The molecule has 1 aromatic carbocycles. The molecule has 94 valence electrons. The summed E-state index contributed by atoms with van der Waals surface area (Å²) in [4.78, 5) is 10.5. The third kappa shape index (κ3) is 2.86. The van der Waals surface area contributed by atoms with Crippen molar-refractivity contribution in [1.29, 1.82) is 0 Å². The minimum absolute atomic E-state index is 0.333. The van der Waals surface area contributed by atoms with Crippen LogP contribution in [0.2, 0.25) is 5.02 Å². The van der Waals surface area contributed by atoms with Gasteiger partial charge < -0.3 is 10.8 Å². The molecule has 0 spiro atoms. The number of hydrogen-bond acceptors (Lipinski definition) is 2. The van der Waals surface area contributed by atoms with E-state index in [9.17, 15) is 22.4 Å². The normalized spacial score (nSPS) is 13.5. The van der Waals surface area contributed by atoms with Crippen LogP contribution in [0.4, 0.5) is 17.6 Å². The summed E-state index contributed by atoms with van der Waals surface area (Å²) >= 11 is 5.25. The molecule has 1 atom stereocenters. The van der Waals surface area contributed by atoms with Gasteiger partial charge in [0.1, 0.15) is 11.9 Å². The Hall–Kier alpha value is -1.34. The van der Waals surface area contributed by atoms with Crippen LogP contribution in [0, 0.1) is 5.82 Å². The number of benzene rings is 1. The number of halogens is 5. The van der Waals surface area contributed by atoms with Crippen molar-refractivity contribution in [1.82, 2.24) is 0 Å². The number of aliphatic carboxylic acids is 1. The van der Waals surface area contributed by atoms with Crippen LogP contribution in [0.25, 0.3) is 0 Å². The zero-order chi connectivity index (χ0) is 13.4. The van der Waals surface area contributed by atoms with Gasteiger partial charge in [0.05, 0.1) is 10.6 Å². The van der Waals surface area contributed by atoms with E-state index in [0.29, 0.717) is 12.1 Å². The van der Waals surface area contributed by atoms with E-state index < -0.39 is 40.2 Å². The Morgan fingerprint density at radius 3 is 2.35 bits per heavy atom. The summed E-state index contributed by atoms with van der Waals surface area (Å²) in [5, 5.41) is 7.70. The summed E-state index contributed by atoms with van der Waals surface area (Å²) < 4.78 is 50.5. The van der Waals surface area contributed by atoms with E-state index in [0.717, 1.165) is 0 Å². The molecule has 0 saturated heterocycles. The van der Waals surface area contributed by atoms with Gasteiger partial charge in [0.15, 0.2) is 0 Å². The smallest absolute Gasteiger partial charge is 0.416 e. The van der Waals surface area contributed by atoms with Crippen molar-refractivity contribution in [2.24, 2.45) is 5.73 Å². The van der Waals surface area contributed by atoms with Gasteiger partial charge in [0, 0.05) is 5.56 Å². The Bertz CT molecular complexity index is 461. The monoisotopic (exact) mass is 271 g/mol. The number of nitrogens with two attached hydrogens (primary N) is 1. The van der Waals surface area contributed by atoms with Gasteiger partial charge >= 0.3 is 12.1 Å². The SMILES string of the molecule is N[C@H](C(=O)O)c1cc(C(F)(F)F)cc(Cl)c1F. The van der Waals surface area contributed by atoms with Crippen LogP contribution in [0.3, 0.4) is 0 Å². The maximum absolute atomic E-state index is 13.3. The van der Waals surface area contributed by atoms with E-state index in [1.807, 2.05) is 0 Å². The number of carboxylic acids is 1. The van der Waals surface area contributed by atoms with Crippen LogP contribution in [0.15, 0.2) is 12.1 Å². The van der Waals surface area contributed by atoms with E-state index in [2.05, 4.69) is 0 Å². The van der Waals surface area contributed by atoms with Crippen molar-refractivity contribution in [3.8, 4) is 0 Å². The van der Waals surface area contributed by atoms with Gasteiger partial charge in [-0.25, -0.2) is 4.39 Å². The Balaban J connectivity index is 3.40. The number of carbonyl (C=O) groups is 1. The third-order valence-corrected chi connectivity index (χ3v) is 2.26. The second kappa shape index (κ2) is 4.50. The lowest BCUT2D eigenvalue weighted by molar-refractivity contribution is -0.140. The zero-order valence-electron chi connectivity index (χ0n) is 8.05. The molecule has 0 aliphatic carbocycles. The van der Waals surface area contributed by atoms with Crippen molar-refractivity contribution >= 4 is 17.6 Å². The second-order valence-corrected chi connectivity index (χ2v) is 3.58. The molecule has 1 rings (SSSR count). The van der Waals surface area contributed by atoms with Gasteiger partial charge in [-0.1, -0.05) is 11.6 Å². The van der Waals surface area contributed by atoms with Crippen molar-refractivity contribution in [2.75, 3.05) is 0 Å². The molecule has 0 bridgehead atoms. The fraction of sp³-hybridized carbons (Fsp3) is 0.222. The van der Waals surface area contributed by atoms with Crippen molar-refractivity contribution in [3.63, 3.8) is 0 Å². The van der Waals surface area contributed by atoms with E-state index in [1.165, 1.54) is 0 Å². The number of hydrogen-bond donors (Lipinski definition) is 2. The topological polar surface area (TPSA) is 63.3 Å². The standard InChI is InChI=1S/C9H6ClF4NO2/c10-5-2-3(9(12,13)14)1-4(6(5)11)7(15)8(16)17/h1-2,7H,15H2,(H,16,17)/t7-/m0/s1. The molecule has 3 nitrogen and oxygen atoms in total. The molecule has 0 aliphatic heterocycles. The lowest BCUT2D eigenvalue weighted by atomic mass is 10.0. The van der Waals surface area contributed by atoms with Gasteiger partial charge in [-0.05, 0) is 12.1 Å². The Morgan fingerprint density at radius 2 is 1.94 bits per heavy atom. The van der Waals surface area contributed by atoms with Crippen LogP contribution in [-0.4, -0.2) is 11.1 Å². The minimum atomic E-state index is -4.76. The number of alkyl halides is 3. The van der Waals surface area contributed by atoms with Gasteiger partial charge in [-0.3, -0.25) is 4.79 Å². The minimum Gasteiger partial charge on any atom is -0.480 e.